The third kappa shape index (κ3) is 5.43. The molecule has 246 valence electrons. The molecule has 0 atom stereocenters. The molecule has 8 aromatic carbocycles. The predicted molar refractivity (Wildman–Crippen MR) is 190 cm³/mol. The van der Waals surface area contributed by atoms with Crippen molar-refractivity contribution in [3.63, 3.8) is 0 Å². The molecule has 0 radical (unpaired) electrons. The van der Waals surface area contributed by atoms with Crippen molar-refractivity contribution in [2.45, 2.75) is 12.4 Å². The normalized spacial score (nSPS) is 12.2. The molecule has 0 fully saturated rings. The van der Waals surface area contributed by atoms with Gasteiger partial charge < -0.3 is 9.80 Å². The summed E-state index contributed by atoms with van der Waals surface area (Å²) >= 11 is 0. The molecule has 0 aliphatic carbocycles. The van der Waals surface area contributed by atoms with Crippen molar-refractivity contribution < 1.29 is 26.3 Å². The van der Waals surface area contributed by atoms with Crippen molar-refractivity contribution in [2.75, 3.05) is 9.80 Å². The smallest absolute Gasteiger partial charge is 0.310 e. The molecule has 0 aliphatic heterocycles. The highest BCUT2D eigenvalue weighted by Crippen LogP contribution is 2.48. The van der Waals surface area contributed by atoms with Gasteiger partial charge in [0.25, 0.3) is 0 Å². The summed E-state index contributed by atoms with van der Waals surface area (Å²) in [5.41, 5.74) is 2.80. The van der Waals surface area contributed by atoms with Crippen molar-refractivity contribution in [1.82, 2.24) is 0 Å². The monoisotopic (exact) mass is 672 g/mol. The van der Waals surface area contributed by atoms with Gasteiger partial charge in [-0.15, -0.1) is 0 Å². The molecule has 8 aromatic rings. The number of anilines is 6. The highest BCUT2D eigenvalue weighted by Gasteiger charge is 2.31. The highest BCUT2D eigenvalue weighted by atomic mass is 19.4. The van der Waals surface area contributed by atoms with Crippen LogP contribution in [0.3, 0.4) is 0 Å². The first-order chi connectivity index (χ1) is 24.1. The van der Waals surface area contributed by atoms with Crippen LogP contribution in [0.15, 0.2) is 158 Å². The average molecular weight is 673 g/mol. The van der Waals surface area contributed by atoms with E-state index < -0.39 is 23.5 Å². The van der Waals surface area contributed by atoms with E-state index in [0.717, 1.165) is 79.3 Å². The van der Waals surface area contributed by atoms with Crippen molar-refractivity contribution >= 4 is 66.4 Å². The Hall–Kier alpha value is -6.02. The van der Waals surface area contributed by atoms with Crippen LogP contribution in [0.25, 0.3) is 32.3 Å². The number of benzene rings is 8. The fourth-order valence-corrected chi connectivity index (χ4v) is 6.77. The number of para-hydroxylation sites is 2. The summed E-state index contributed by atoms with van der Waals surface area (Å²) in [6.07, 6.45) is -8.93. The molecule has 50 heavy (non-hydrogen) atoms. The molecule has 0 spiro atoms. The van der Waals surface area contributed by atoms with Crippen LogP contribution in [0.4, 0.5) is 60.5 Å². The zero-order chi connectivity index (χ0) is 34.6. The molecule has 0 saturated carbocycles. The second kappa shape index (κ2) is 11.8. The Balaban J connectivity index is 1.36. The van der Waals surface area contributed by atoms with Gasteiger partial charge in [-0.1, -0.05) is 72.8 Å². The molecule has 8 heteroatoms. The summed E-state index contributed by atoms with van der Waals surface area (Å²) in [5.74, 6) is 0. The van der Waals surface area contributed by atoms with Crippen LogP contribution in [0.2, 0.25) is 0 Å². The van der Waals surface area contributed by atoms with E-state index in [1.54, 1.807) is 0 Å². The topological polar surface area (TPSA) is 6.48 Å². The maximum absolute atomic E-state index is 13.5. The Kier molecular flexibility index (Phi) is 7.40. The molecule has 0 N–H and O–H groups in total. The minimum Gasteiger partial charge on any atom is -0.310 e. The summed E-state index contributed by atoms with van der Waals surface area (Å²) in [7, 11) is 0. The minimum atomic E-state index is -4.46. The second-order valence-electron chi connectivity index (χ2n) is 12.0. The summed E-state index contributed by atoms with van der Waals surface area (Å²) in [6.45, 7) is 0. The van der Waals surface area contributed by atoms with E-state index in [2.05, 4.69) is 0 Å². The Bertz CT molecular complexity index is 2260. The molecular formula is C42H26F6N2. The lowest BCUT2D eigenvalue weighted by atomic mass is 9.91. The molecule has 0 aliphatic rings. The van der Waals surface area contributed by atoms with Gasteiger partial charge in [-0.2, -0.15) is 26.3 Å². The number of halogens is 6. The molecule has 0 unspecified atom stereocenters. The lowest BCUT2D eigenvalue weighted by Gasteiger charge is -2.29. The van der Waals surface area contributed by atoms with Gasteiger partial charge in [0.15, 0.2) is 0 Å². The Labute approximate surface area is 283 Å². The van der Waals surface area contributed by atoms with E-state index in [-0.39, 0.29) is 0 Å². The second-order valence-corrected chi connectivity index (χ2v) is 12.0. The molecule has 0 bridgehead atoms. The van der Waals surface area contributed by atoms with E-state index in [1.165, 1.54) is 24.3 Å². The third-order valence-electron chi connectivity index (χ3n) is 9.03. The van der Waals surface area contributed by atoms with Gasteiger partial charge in [0, 0.05) is 33.5 Å². The van der Waals surface area contributed by atoms with Gasteiger partial charge in [-0.05, 0) is 106 Å². The first kappa shape index (κ1) is 31.3. The third-order valence-corrected chi connectivity index (χ3v) is 9.03. The number of hydrogen-bond acceptors (Lipinski definition) is 2. The van der Waals surface area contributed by atoms with Crippen molar-refractivity contribution in [1.29, 1.82) is 0 Å². The molecular weight excluding hydrogens is 646 g/mol. The fourth-order valence-electron chi connectivity index (χ4n) is 6.77. The van der Waals surface area contributed by atoms with Gasteiger partial charge in [-0.3, -0.25) is 0 Å². The molecule has 0 amide bonds. The average Bonchev–Trinajstić information content (AvgIpc) is 3.12. The maximum Gasteiger partial charge on any atom is 0.416 e. The molecule has 0 saturated heterocycles. The fraction of sp³-hybridized carbons (Fsp3) is 0.0476. The van der Waals surface area contributed by atoms with E-state index in [9.17, 15) is 26.3 Å². The lowest BCUT2D eigenvalue weighted by Crippen LogP contribution is -2.12. The van der Waals surface area contributed by atoms with Gasteiger partial charge >= 0.3 is 12.4 Å². The van der Waals surface area contributed by atoms with E-state index in [4.69, 9.17) is 0 Å². The molecule has 0 aromatic heterocycles. The lowest BCUT2D eigenvalue weighted by molar-refractivity contribution is -0.138. The first-order valence-electron chi connectivity index (χ1n) is 15.8. The number of nitrogens with zero attached hydrogens (tertiary/aromatic N) is 2. The van der Waals surface area contributed by atoms with Crippen LogP contribution in [-0.2, 0) is 12.4 Å². The van der Waals surface area contributed by atoms with Crippen LogP contribution in [0, 0.1) is 0 Å². The Morgan fingerprint density at radius 2 is 0.640 bits per heavy atom. The Morgan fingerprint density at radius 3 is 0.980 bits per heavy atom. The van der Waals surface area contributed by atoms with Gasteiger partial charge in [0.05, 0.1) is 22.5 Å². The van der Waals surface area contributed by atoms with Crippen molar-refractivity contribution in [3.05, 3.63) is 169 Å². The first-order valence-corrected chi connectivity index (χ1v) is 15.8. The minimum absolute atomic E-state index is 0.567. The Morgan fingerprint density at radius 1 is 0.320 bits per heavy atom. The number of rotatable bonds is 6. The van der Waals surface area contributed by atoms with Gasteiger partial charge in [0.1, 0.15) is 0 Å². The predicted octanol–water partition coefficient (Wildman–Crippen LogP) is 13.6. The SMILES string of the molecule is FC(F)(F)c1ccc(N(c2ccccc2)c2ccc3ccc4c(N(c5ccccc5)c5ccc(C(F)(F)F)cc5)ccc5ccc2c3c54)cc1. The summed E-state index contributed by atoms with van der Waals surface area (Å²) < 4.78 is 81.1. The molecule has 8 rings (SSSR count). The van der Waals surface area contributed by atoms with Crippen LogP contribution in [0.1, 0.15) is 11.1 Å². The van der Waals surface area contributed by atoms with E-state index in [1.807, 2.05) is 119 Å². The quantitative estimate of drug-likeness (QED) is 0.128. The summed E-state index contributed by atoms with van der Waals surface area (Å²) in [5, 5.41) is 5.66. The van der Waals surface area contributed by atoms with Crippen LogP contribution >= 0.6 is 0 Å². The molecule has 2 nitrogen and oxygen atoms in total. The number of alkyl halides is 6. The molecule has 0 heterocycles. The highest BCUT2D eigenvalue weighted by molar-refractivity contribution is 6.28. The summed E-state index contributed by atoms with van der Waals surface area (Å²) in [4.78, 5) is 3.90. The van der Waals surface area contributed by atoms with Crippen LogP contribution in [0.5, 0.6) is 0 Å². The largest absolute Gasteiger partial charge is 0.416 e. The maximum atomic E-state index is 13.5. The zero-order valence-corrected chi connectivity index (χ0v) is 26.2. The zero-order valence-electron chi connectivity index (χ0n) is 26.2. The van der Waals surface area contributed by atoms with Crippen LogP contribution < -0.4 is 9.80 Å². The number of hydrogen-bond donors (Lipinski definition) is 0. The van der Waals surface area contributed by atoms with Crippen LogP contribution in [-0.4, -0.2) is 0 Å². The van der Waals surface area contributed by atoms with E-state index in [0.29, 0.717) is 11.4 Å². The van der Waals surface area contributed by atoms with Crippen molar-refractivity contribution in [3.8, 4) is 0 Å². The van der Waals surface area contributed by atoms with Crippen molar-refractivity contribution in [2.24, 2.45) is 0 Å². The van der Waals surface area contributed by atoms with E-state index >= 15 is 0 Å². The van der Waals surface area contributed by atoms with Gasteiger partial charge in [-0.25, -0.2) is 0 Å². The standard InChI is InChI=1S/C42H26F6N2/c43-41(44,45)29-15-19-33(20-16-29)49(31-7-3-1-4-8-31)37-25-13-27-12-24-36-38(26-14-28-11-23-35(37)39(27)40(28)36)50(32-9-5-2-6-10-32)34-21-17-30(18-22-34)42(46,47)48/h1-26H. The summed E-state index contributed by atoms with van der Waals surface area (Å²) in [6, 6.07) is 45.3. The van der Waals surface area contributed by atoms with Gasteiger partial charge in [0.2, 0.25) is 0 Å².